The Bertz CT molecular complexity index is 686. The van der Waals surface area contributed by atoms with Crippen LogP contribution in [0.4, 0.5) is 5.69 Å². The van der Waals surface area contributed by atoms with Crippen LogP contribution in [0.3, 0.4) is 0 Å². The molecule has 1 aromatic carbocycles. The van der Waals surface area contributed by atoms with Crippen LogP contribution < -0.4 is 16.0 Å². The number of hydrogen-bond donors (Lipinski definition) is 2. The maximum absolute atomic E-state index is 5.59. The molecule has 4 heteroatoms. The van der Waals surface area contributed by atoms with Gasteiger partial charge in [0.05, 0.1) is 0 Å². The number of rotatable bonds is 5. The van der Waals surface area contributed by atoms with E-state index in [1.54, 1.807) is 0 Å². The number of nitrogens with zero attached hydrogens (tertiary/aromatic N) is 2. The fourth-order valence-electron chi connectivity index (χ4n) is 4.46. The number of anilines is 1. The van der Waals surface area contributed by atoms with Gasteiger partial charge in [0.2, 0.25) is 0 Å². The van der Waals surface area contributed by atoms with Crippen molar-refractivity contribution in [1.29, 1.82) is 0 Å². The molecule has 4 nitrogen and oxygen atoms in total. The van der Waals surface area contributed by atoms with Crippen LogP contribution in [-0.2, 0) is 6.42 Å². The van der Waals surface area contributed by atoms with Crippen molar-refractivity contribution in [3.63, 3.8) is 0 Å². The monoisotopic (exact) mass is 324 g/mol. The Hall–Kier alpha value is -1.65. The van der Waals surface area contributed by atoms with E-state index >= 15 is 0 Å². The van der Waals surface area contributed by atoms with Crippen LogP contribution in [0.2, 0.25) is 0 Å². The standard InChI is InChI=1S/C20H28N4/c21-10-2-11-23-17-5-7-18(8-6-17)24-12-9-16-14-22-13-15-3-1-4-19(24)20(15)16/h1,3-4,13-14,17-18,23H,2,5-12,21H2. The van der Waals surface area contributed by atoms with Crippen molar-refractivity contribution in [3.8, 4) is 0 Å². The number of nitrogens with one attached hydrogen (secondary N) is 1. The molecule has 0 bridgehead atoms. The number of nitrogens with two attached hydrogens (primary N) is 1. The summed E-state index contributed by atoms with van der Waals surface area (Å²) in [5.41, 5.74) is 8.43. The molecule has 1 aliphatic carbocycles. The summed E-state index contributed by atoms with van der Waals surface area (Å²) in [7, 11) is 0. The van der Waals surface area contributed by atoms with E-state index in [9.17, 15) is 0 Å². The summed E-state index contributed by atoms with van der Waals surface area (Å²) in [6, 6.07) is 8.05. The molecule has 1 saturated carbocycles. The van der Waals surface area contributed by atoms with Gasteiger partial charge in [-0.2, -0.15) is 0 Å². The molecule has 0 radical (unpaired) electrons. The second-order valence-electron chi connectivity index (χ2n) is 7.22. The van der Waals surface area contributed by atoms with Crippen LogP contribution >= 0.6 is 0 Å². The summed E-state index contributed by atoms with van der Waals surface area (Å²) in [6.07, 6.45) is 11.4. The minimum Gasteiger partial charge on any atom is -0.368 e. The molecule has 3 N–H and O–H groups in total. The third kappa shape index (κ3) is 3.01. The Morgan fingerprint density at radius 1 is 1.17 bits per heavy atom. The molecule has 1 aliphatic heterocycles. The average molecular weight is 324 g/mol. The van der Waals surface area contributed by atoms with E-state index in [4.69, 9.17) is 5.73 Å². The van der Waals surface area contributed by atoms with Crippen LogP contribution in [0, 0.1) is 0 Å². The summed E-state index contributed by atoms with van der Waals surface area (Å²) >= 11 is 0. The highest BCUT2D eigenvalue weighted by atomic mass is 15.2. The number of benzene rings is 1. The predicted molar refractivity (Wildman–Crippen MR) is 101 cm³/mol. The van der Waals surface area contributed by atoms with E-state index in [1.807, 2.05) is 6.20 Å². The van der Waals surface area contributed by atoms with Crippen LogP contribution in [-0.4, -0.2) is 36.7 Å². The molecule has 0 amide bonds. The Balaban J connectivity index is 1.48. The van der Waals surface area contributed by atoms with Gasteiger partial charge >= 0.3 is 0 Å². The smallest absolute Gasteiger partial charge is 0.0452 e. The molecule has 2 heterocycles. The Kier molecular flexibility index (Phi) is 4.67. The molecule has 2 aromatic rings. The maximum Gasteiger partial charge on any atom is 0.0452 e. The van der Waals surface area contributed by atoms with Crippen LogP contribution in [0.25, 0.3) is 10.8 Å². The van der Waals surface area contributed by atoms with Crippen LogP contribution in [0.5, 0.6) is 0 Å². The number of aromatic nitrogens is 1. The zero-order valence-corrected chi connectivity index (χ0v) is 14.4. The first kappa shape index (κ1) is 15.9. The van der Waals surface area contributed by atoms with Gasteiger partial charge in [-0.05, 0) is 63.2 Å². The fourth-order valence-corrected chi connectivity index (χ4v) is 4.46. The summed E-state index contributed by atoms with van der Waals surface area (Å²) < 4.78 is 0. The first-order valence-corrected chi connectivity index (χ1v) is 9.42. The number of pyridine rings is 1. The van der Waals surface area contributed by atoms with E-state index in [-0.39, 0.29) is 0 Å². The van der Waals surface area contributed by atoms with Gasteiger partial charge in [-0.15, -0.1) is 0 Å². The van der Waals surface area contributed by atoms with Gasteiger partial charge in [0.1, 0.15) is 0 Å². The van der Waals surface area contributed by atoms with Gasteiger partial charge in [-0.1, -0.05) is 12.1 Å². The van der Waals surface area contributed by atoms with E-state index in [1.165, 1.54) is 47.7 Å². The third-order valence-corrected chi connectivity index (χ3v) is 5.72. The van der Waals surface area contributed by atoms with Crippen molar-refractivity contribution in [3.05, 3.63) is 36.2 Å². The molecule has 24 heavy (non-hydrogen) atoms. The van der Waals surface area contributed by atoms with Crippen LogP contribution in [0.15, 0.2) is 30.6 Å². The normalized spacial score (nSPS) is 23.6. The molecule has 4 rings (SSSR count). The molecule has 0 spiro atoms. The highest BCUT2D eigenvalue weighted by Gasteiger charge is 2.29. The highest BCUT2D eigenvalue weighted by Crippen LogP contribution is 2.37. The summed E-state index contributed by atoms with van der Waals surface area (Å²) in [4.78, 5) is 7.08. The molecule has 1 fully saturated rings. The second kappa shape index (κ2) is 7.08. The zero-order valence-electron chi connectivity index (χ0n) is 14.4. The topological polar surface area (TPSA) is 54.2 Å². The summed E-state index contributed by atoms with van der Waals surface area (Å²) in [5, 5.41) is 6.39. The van der Waals surface area contributed by atoms with E-state index in [0.717, 1.165) is 32.5 Å². The SMILES string of the molecule is NCCCNC1CCC(N2CCc3cncc4cccc2c34)CC1. The minimum absolute atomic E-state index is 0.685. The Morgan fingerprint density at radius 3 is 2.88 bits per heavy atom. The van der Waals surface area contributed by atoms with Crippen molar-refractivity contribution in [2.24, 2.45) is 5.73 Å². The van der Waals surface area contributed by atoms with Gasteiger partial charge < -0.3 is 16.0 Å². The highest BCUT2D eigenvalue weighted by molar-refractivity contribution is 5.97. The largest absolute Gasteiger partial charge is 0.368 e. The molecule has 0 saturated heterocycles. The molecule has 0 unspecified atom stereocenters. The lowest BCUT2D eigenvalue weighted by molar-refractivity contribution is 0.331. The quantitative estimate of drug-likeness (QED) is 0.831. The summed E-state index contributed by atoms with van der Waals surface area (Å²) in [6.45, 7) is 2.98. The van der Waals surface area contributed by atoms with Crippen molar-refractivity contribution >= 4 is 16.5 Å². The molecule has 128 valence electrons. The second-order valence-corrected chi connectivity index (χ2v) is 7.22. The lowest BCUT2D eigenvalue weighted by atomic mass is 9.88. The zero-order chi connectivity index (χ0) is 16.4. The van der Waals surface area contributed by atoms with E-state index in [2.05, 4.69) is 39.6 Å². The van der Waals surface area contributed by atoms with E-state index < -0.39 is 0 Å². The molecule has 2 aliphatic rings. The average Bonchev–Trinajstić information content (AvgIpc) is 2.64. The lowest BCUT2D eigenvalue weighted by Crippen LogP contribution is -2.44. The first-order chi connectivity index (χ1) is 11.9. The molecule has 0 atom stereocenters. The van der Waals surface area contributed by atoms with Crippen molar-refractivity contribution in [2.45, 2.75) is 50.6 Å². The van der Waals surface area contributed by atoms with Gasteiger partial charge in [0, 0.05) is 47.5 Å². The van der Waals surface area contributed by atoms with Gasteiger partial charge in [0.25, 0.3) is 0 Å². The van der Waals surface area contributed by atoms with Gasteiger partial charge in [0.15, 0.2) is 0 Å². The van der Waals surface area contributed by atoms with E-state index in [0.29, 0.717) is 12.1 Å². The lowest BCUT2D eigenvalue weighted by Gasteiger charge is -2.41. The van der Waals surface area contributed by atoms with Gasteiger partial charge in [-0.3, -0.25) is 4.98 Å². The van der Waals surface area contributed by atoms with Gasteiger partial charge in [-0.25, -0.2) is 0 Å². The van der Waals surface area contributed by atoms with Crippen molar-refractivity contribution < 1.29 is 0 Å². The van der Waals surface area contributed by atoms with Crippen molar-refractivity contribution in [1.82, 2.24) is 10.3 Å². The van der Waals surface area contributed by atoms with Crippen molar-refractivity contribution in [2.75, 3.05) is 24.5 Å². The number of hydrogen-bond acceptors (Lipinski definition) is 4. The molecular formula is C20H28N4. The predicted octanol–water partition coefficient (Wildman–Crippen LogP) is 2.85. The maximum atomic E-state index is 5.59. The molecular weight excluding hydrogens is 296 g/mol. The Morgan fingerprint density at radius 2 is 2.04 bits per heavy atom. The Labute approximate surface area is 144 Å². The van der Waals surface area contributed by atoms with Crippen LogP contribution in [0.1, 0.15) is 37.7 Å². The fraction of sp³-hybridized carbons (Fsp3) is 0.550. The minimum atomic E-state index is 0.685. The summed E-state index contributed by atoms with van der Waals surface area (Å²) in [5.74, 6) is 0. The first-order valence-electron chi connectivity index (χ1n) is 9.42. The molecule has 1 aromatic heterocycles. The third-order valence-electron chi connectivity index (χ3n) is 5.72.